The van der Waals surface area contributed by atoms with Gasteiger partial charge >= 0.3 is 0 Å². The number of hydrogen-bond acceptors (Lipinski definition) is 4. The molecule has 2 atom stereocenters. The van der Waals surface area contributed by atoms with Gasteiger partial charge in [0.05, 0.1) is 0 Å². The summed E-state index contributed by atoms with van der Waals surface area (Å²) in [6.45, 7) is 15.8. The molecule has 33 heavy (non-hydrogen) atoms. The number of anilines is 1. The van der Waals surface area contributed by atoms with Gasteiger partial charge < -0.3 is 20.0 Å². The predicted octanol–water partition coefficient (Wildman–Crippen LogP) is 3.56. The molecule has 0 aromatic heterocycles. The zero-order valence-electron chi connectivity index (χ0n) is 20.6. The van der Waals surface area contributed by atoms with E-state index in [1.54, 1.807) is 6.92 Å². The van der Waals surface area contributed by atoms with Gasteiger partial charge in [0.1, 0.15) is 0 Å². The van der Waals surface area contributed by atoms with E-state index < -0.39 is 0 Å². The molecule has 1 aromatic rings. The van der Waals surface area contributed by atoms with Gasteiger partial charge in [0, 0.05) is 80.2 Å². The standard InChI is InChI=1S/C26H39ClN4O2/c1-19-6-7-22(14-23(19)27)31(24(33)21-8-12-30(13-9-21)20(2)32)11-5-10-29-17-25(3)15-28-16-26(25,4)18-29/h6-7,14,21,28H,5,8-13,15-18H2,1-4H3/t25-,26+. The second-order valence-electron chi connectivity index (χ2n) is 11.0. The highest BCUT2D eigenvalue weighted by molar-refractivity contribution is 6.31. The van der Waals surface area contributed by atoms with Gasteiger partial charge in [0.25, 0.3) is 0 Å². The van der Waals surface area contributed by atoms with E-state index in [4.69, 9.17) is 11.6 Å². The minimum absolute atomic E-state index is 0.0456. The third-order valence-corrected chi connectivity index (χ3v) is 8.92. The number of amides is 2. The number of hydrogen-bond donors (Lipinski definition) is 1. The summed E-state index contributed by atoms with van der Waals surface area (Å²) in [6.07, 6.45) is 2.39. The van der Waals surface area contributed by atoms with E-state index in [-0.39, 0.29) is 17.7 Å². The number of fused-ring (bicyclic) bond motifs is 1. The zero-order valence-corrected chi connectivity index (χ0v) is 21.4. The number of aryl methyl sites for hydroxylation is 1. The number of carbonyl (C=O) groups excluding carboxylic acids is 2. The fourth-order valence-electron chi connectivity index (χ4n) is 5.97. The Bertz CT molecular complexity index is 882. The molecule has 182 valence electrons. The average Bonchev–Trinajstić information content (AvgIpc) is 3.19. The summed E-state index contributed by atoms with van der Waals surface area (Å²) < 4.78 is 0. The predicted molar refractivity (Wildman–Crippen MR) is 134 cm³/mol. The highest BCUT2D eigenvalue weighted by Crippen LogP contribution is 2.48. The second-order valence-corrected chi connectivity index (χ2v) is 11.4. The van der Waals surface area contributed by atoms with Gasteiger partial charge in [-0.05, 0) is 50.4 Å². The number of rotatable bonds is 6. The van der Waals surface area contributed by atoms with Gasteiger partial charge in [-0.3, -0.25) is 9.59 Å². The van der Waals surface area contributed by atoms with Crippen molar-refractivity contribution in [1.29, 1.82) is 0 Å². The Labute approximate surface area is 203 Å². The molecule has 0 unspecified atom stereocenters. The first kappa shape index (κ1) is 24.5. The molecule has 0 saturated carbocycles. The smallest absolute Gasteiger partial charge is 0.230 e. The Morgan fingerprint density at radius 2 is 1.79 bits per heavy atom. The van der Waals surface area contributed by atoms with Crippen molar-refractivity contribution in [1.82, 2.24) is 15.1 Å². The van der Waals surface area contributed by atoms with Crippen LogP contribution in [0.2, 0.25) is 5.02 Å². The first-order valence-corrected chi connectivity index (χ1v) is 12.8. The van der Waals surface area contributed by atoms with Gasteiger partial charge in [-0.2, -0.15) is 0 Å². The van der Waals surface area contributed by atoms with Gasteiger partial charge in [-0.15, -0.1) is 0 Å². The second kappa shape index (κ2) is 9.55. The minimum atomic E-state index is -0.0456. The van der Waals surface area contributed by atoms with Crippen LogP contribution in [0.25, 0.3) is 0 Å². The molecule has 7 heteroatoms. The minimum Gasteiger partial charge on any atom is -0.343 e. The fourth-order valence-corrected chi connectivity index (χ4v) is 6.14. The summed E-state index contributed by atoms with van der Waals surface area (Å²) in [5.41, 5.74) is 2.56. The lowest BCUT2D eigenvalue weighted by Gasteiger charge is -2.34. The molecule has 3 aliphatic rings. The van der Waals surface area contributed by atoms with Crippen molar-refractivity contribution in [3.05, 3.63) is 28.8 Å². The van der Waals surface area contributed by atoms with Crippen LogP contribution in [0.1, 0.15) is 45.6 Å². The average molecular weight is 475 g/mol. The molecule has 4 rings (SSSR count). The molecule has 3 heterocycles. The third-order valence-electron chi connectivity index (χ3n) is 8.51. The number of piperidine rings is 1. The van der Waals surface area contributed by atoms with Crippen molar-refractivity contribution < 1.29 is 9.59 Å². The maximum absolute atomic E-state index is 13.6. The molecule has 1 N–H and O–H groups in total. The third kappa shape index (κ3) is 4.94. The summed E-state index contributed by atoms with van der Waals surface area (Å²) in [7, 11) is 0. The highest BCUT2D eigenvalue weighted by atomic mass is 35.5. The molecular formula is C26H39ClN4O2. The monoisotopic (exact) mass is 474 g/mol. The summed E-state index contributed by atoms with van der Waals surface area (Å²) in [6, 6.07) is 5.93. The summed E-state index contributed by atoms with van der Waals surface area (Å²) in [4.78, 5) is 31.7. The molecule has 6 nitrogen and oxygen atoms in total. The molecule has 2 amide bonds. The van der Waals surface area contributed by atoms with Crippen LogP contribution in [0, 0.1) is 23.7 Å². The molecule has 0 aliphatic carbocycles. The van der Waals surface area contributed by atoms with E-state index >= 15 is 0 Å². The van der Waals surface area contributed by atoms with E-state index in [1.165, 1.54) is 0 Å². The molecular weight excluding hydrogens is 436 g/mol. The largest absolute Gasteiger partial charge is 0.343 e. The molecule has 0 bridgehead atoms. The zero-order chi connectivity index (χ0) is 23.8. The fraction of sp³-hybridized carbons (Fsp3) is 0.692. The summed E-state index contributed by atoms with van der Waals surface area (Å²) >= 11 is 6.43. The first-order valence-electron chi connectivity index (χ1n) is 12.4. The Morgan fingerprint density at radius 3 is 2.36 bits per heavy atom. The Morgan fingerprint density at radius 1 is 1.15 bits per heavy atom. The molecule has 0 radical (unpaired) electrons. The van der Waals surface area contributed by atoms with Gasteiger partial charge in [-0.1, -0.05) is 31.5 Å². The van der Waals surface area contributed by atoms with Gasteiger partial charge in [-0.25, -0.2) is 0 Å². The van der Waals surface area contributed by atoms with E-state index in [2.05, 4.69) is 24.1 Å². The Balaban J connectivity index is 1.42. The van der Waals surface area contributed by atoms with Crippen molar-refractivity contribution in [3.8, 4) is 0 Å². The quantitative estimate of drug-likeness (QED) is 0.684. The summed E-state index contributed by atoms with van der Waals surface area (Å²) in [5.74, 6) is 0.214. The first-order chi connectivity index (χ1) is 15.6. The number of likely N-dealkylation sites (tertiary alicyclic amines) is 2. The highest BCUT2D eigenvalue weighted by Gasteiger charge is 2.54. The Kier molecular flexibility index (Phi) is 7.09. The van der Waals surface area contributed by atoms with Crippen LogP contribution < -0.4 is 10.2 Å². The molecule has 3 saturated heterocycles. The van der Waals surface area contributed by atoms with Crippen LogP contribution in [-0.4, -0.2) is 74.0 Å². The lowest BCUT2D eigenvalue weighted by Crippen LogP contribution is -2.44. The number of benzene rings is 1. The number of halogens is 1. The van der Waals surface area contributed by atoms with E-state index in [1.807, 2.05) is 34.9 Å². The lowest BCUT2D eigenvalue weighted by atomic mass is 9.71. The van der Waals surface area contributed by atoms with Crippen LogP contribution in [0.5, 0.6) is 0 Å². The van der Waals surface area contributed by atoms with Crippen LogP contribution in [0.4, 0.5) is 5.69 Å². The summed E-state index contributed by atoms with van der Waals surface area (Å²) in [5, 5.41) is 4.27. The van der Waals surface area contributed by atoms with Crippen molar-refractivity contribution in [2.24, 2.45) is 16.7 Å². The number of nitrogens with one attached hydrogen (secondary N) is 1. The number of carbonyl (C=O) groups is 2. The molecule has 1 aromatic carbocycles. The number of nitrogens with zero attached hydrogens (tertiary/aromatic N) is 3. The van der Waals surface area contributed by atoms with Crippen molar-refractivity contribution in [2.75, 3.05) is 57.3 Å². The topological polar surface area (TPSA) is 55.9 Å². The Hall–Kier alpha value is -1.63. The molecule has 3 aliphatic heterocycles. The van der Waals surface area contributed by atoms with Crippen molar-refractivity contribution >= 4 is 29.1 Å². The normalized spacial score (nSPS) is 28.2. The maximum atomic E-state index is 13.6. The van der Waals surface area contributed by atoms with Crippen LogP contribution in [0.3, 0.4) is 0 Å². The van der Waals surface area contributed by atoms with Crippen molar-refractivity contribution in [2.45, 2.75) is 47.0 Å². The molecule has 0 spiro atoms. The van der Waals surface area contributed by atoms with Crippen LogP contribution in [-0.2, 0) is 9.59 Å². The van der Waals surface area contributed by atoms with E-state index in [9.17, 15) is 9.59 Å². The van der Waals surface area contributed by atoms with Crippen molar-refractivity contribution in [3.63, 3.8) is 0 Å². The SMILES string of the molecule is CC(=O)N1CCC(C(=O)N(CCCN2C[C@]3(C)CNC[C@]3(C)C2)c2ccc(C)c(Cl)c2)CC1. The van der Waals surface area contributed by atoms with Crippen LogP contribution in [0.15, 0.2) is 18.2 Å². The molecule has 3 fully saturated rings. The van der Waals surface area contributed by atoms with Crippen LogP contribution >= 0.6 is 11.6 Å². The van der Waals surface area contributed by atoms with E-state index in [0.717, 1.165) is 63.2 Å². The maximum Gasteiger partial charge on any atom is 0.230 e. The van der Waals surface area contributed by atoms with Gasteiger partial charge in [0.2, 0.25) is 11.8 Å². The van der Waals surface area contributed by atoms with Gasteiger partial charge in [0.15, 0.2) is 0 Å². The van der Waals surface area contributed by atoms with E-state index in [0.29, 0.717) is 35.5 Å². The lowest BCUT2D eigenvalue weighted by molar-refractivity contribution is -0.133.